The first-order valence-corrected chi connectivity index (χ1v) is 8.62. The molecule has 0 fully saturated rings. The highest BCUT2D eigenvalue weighted by Gasteiger charge is 2.12. The molecule has 1 N–H and O–H groups in total. The number of halogens is 1. The minimum absolute atomic E-state index is 0.0559. The summed E-state index contributed by atoms with van der Waals surface area (Å²) in [4.78, 5) is 11.9. The van der Waals surface area contributed by atoms with Gasteiger partial charge in [-0.15, -0.1) is 10.2 Å². The maximum absolute atomic E-state index is 13.7. The summed E-state index contributed by atoms with van der Waals surface area (Å²) in [5.74, 6) is 0.800. The third kappa shape index (κ3) is 5.13. The van der Waals surface area contributed by atoms with Gasteiger partial charge in [0.25, 0.3) is 5.89 Å². The van der Waals surface area contributed by atoms with Crippen molar-refractivity contribution in [3.63, 3.8) is 0 Å². The number of amides is 1. The van der Waals surface area contributed by atoms with Gasteiger partial charge in [-0.25, -0.2) is 4.39 Å². The molecule has 3 aromatic rings. The SMILES string of the molecule is COc1ccc(CCC(=O)NCCc2nnc(-c3ccccc3F)o2)cc1. The number of hydrogen-bond acceptors (Lipinski definition) is 5. The topological polar surface area (TPSA) is 77.2 Å². The number of rotatable bonds is 8. The van der Waals surface area contributed by atoms with Crippen molar-refractivity contribution in [3.05, 3.63) is 65.8 Å². The second kappa shape index (κ2) is 8.93. The largest absolute Gasteiger partial charge is 0.497 e. The molecule has 0 saturated carbocycles. The van der Waals surface area contributed by atoms with Gasteiger partial charge in [0.1, 0.15) is 11.6 Å². The van der Waals surface area contributed by atoms with Gasteiger partial charge < -0.3 is 14.5 Å². The highest BCUT2D eigenvalue weighted by atomic mass is 19.1. The predicted molar refractivity (Wildman–Crippen MR) is 97.7 cm³/mol. The summed E-state index contributed by atoms with van der Waals surface area (Å²) in [6, 6.07) is 13.8. The molecule has 0 aliphatic heterocycles. The van der Waals surface area contributed by atoms with Crippen molar-refractivity contribution in [2.75, 3.05) is 13.7 Å². The fourth-order valence-electron chi connectivity index (χ4n) is 2.55. The number of aromatic nitrogens is 2. The van der Waals surface area contributed by atoms with Crippen LogP contribution in [0.2, 0.25) is 0 Å². The van der Waals surface area contributed by atoms with Crippen molar-refractivity contribution in [2.45, 2.75) is 19.3 Å². The average molecular weight is 369 g/mol. The Balaban J connectivity index is 1.43. The molecule has 3 rings (SSSR count). The normalized spacial score (nSPS) is 10.6. The Labute approximate surface area is 156 Å². The van der Waals surface area contributed by atoms with E-state index >= 15 is 0 Å². The van der Waals surface area contributed by atoms with Crippen LogP contribution in [0.25, 0.3) is 11.5 Å². The molecule has 1 heterocycles. The number of carbonyl (C=O) groups excluding carboxylic acids is 1. The maximum atomic E-state index is 13.7. The van der Waals surface area contributed by atoms with Crippen LogP contribution in [0.3, 0.4) is 0 Å². The van der Waals surface area contributed by atoms with Gasteiger partial charge in [0.15, 0.2) is 0 Å². The van der Waals surface area contributed by atoms with Gasteiger partial charge in [-0.2, -0.15) is 0 Å². The number of benzene rings is 2. The van der Waals surface area contributed by atoms with E-state index in [9.17, 15) is 9.18 Å². The van der Waals surface area contributed by atoms with Crippen LogP contribution >= 0.6 is 0 Å². The van der Waals surface area contributed by atoms with E-state index in [4.69, 9.17) is 9.15 Å². The Morgan fingerprint density at radius 3 is 2.63 bits per heavy atom. The van der Waals surface area contributed by atoms with Crippen molar-refractivity contribution in [1.29, 1.82) is 0 Å². The number of hydrogen-bond donors (Lipinski definition) is 1. The molecule has 2 aromatic carbocycles. The fourth-order valence-corrected chi connectivity index (χ4v) is 2.55. The van der Waals surface area contributed by atoms with Crippen molar-refractivity contribution in [1.82, 2.24) is 15.5 Å². The Morgan fingerprint density at radius 1 is 1.11 bits per heavy atom. The van der Waals surface area contributed by atoms with Gasteiger partial charge >= 0.3 is 0 Å². The minimum Gasteiger partial charge on any atom is -0.497 e. The van der Waals surface area contributed by atoms with Crippen LogP contribution < -0.4 is 10.1 Å². The average Bonchev–Trinajstić information content (AvgIpc) is 3.16. The Kier molecular flexibility index (Phi) is 6.14. The number of carbonyl (C=O) groups is 1. The van der Waals surface area contributed by atoms with Gasteiger partial charge in [0, 0.05) is 19.4 Å². The van der Waals surface area contributed by atoms with Crippen LogP contribution in [0.1, 0.15) is 17.9 Å². The molecule has 6 nitrogen and oxygen atoms in total. The van der Waals surface area contributed by atoms with E-state index < -0.39 is 5.82 Å². The molecule has 0 radical (unpaired) electrons. The molecule has 0 spiro atoms. The maximum Gasteiger partial charge on any atom is 0.250 e. The quantitative estimate of drug-likeness (QED) is 0.660. The summed E-state index contributed by atoms with van der Waals surface area (Å²) >= 11 is 0. The lowest BCUT2D eigenvalue weighted by Crippen LogP contribution is -2.25. The lowest BCUT2D eigenvalue weighted by atomic mass is 10.1. The summed E-state index contributed by atoms with van der Waals surface area (Å²) in [7, 11) is 1.62. The summed E-state index contributed by atoms with van der Waals surface area (Å²) < 4.78 is 24.3. The van der Waals surface area contributed by atoms with E-state index in [1.165, 1.54) is 6.07 Å². The van der Waals surface area contributed by atoms with Gasteiger partial charge in [-0.05, 0) is 36.2 Å². The van der Waals surface area contributed by atoms with Crippen LogP contribution in [-0.2, 0) is 17.6 Å². The molecule has 7 heteroatoms. The molecular formula is C20H20FN3O3. The van der Waals surface area contributed by atoms with Crippen LogP contribution in [0.5, 0.6) is 5.75 Å². The van der Waals surface area contributed by atoms with E-state index in [2.05, 4.69) is 15.5 Å². The lowest BCUT2D eigenvalue weighted by Gasteiger charge is -2.05. The molecule has 1 aromatic heterocycles. The first-order valence-electron chi connectivity index (χ1n) is 8.62. The zero-order chi connectivity index (χ0) is 19.1. The number of ether oxygens (including phenoxy) is 1. The van der Waals surface area contributed by atoms with Gasteiger partial charge in [-0.3, -0.25) is 4.79 Å². The second-order valence-electron chi connectivity index (χ2n) is 5.93. The highest BCUT2D eigenvalue weighted by molar-refractivity contribution is 5.76. The van der Waals surface area contributed by atoms with Crippen molar-refractivity contribution in [2.24, 2.45) is 0 Å². The monoisotopic (exact) mass is 369 g/mol. The lowest BCUT2D eigenvalue weighted by molar-refractivity contribution is -0.121. The molecule has 0 aliphatic carbocycles. The first kappa shape index (κ1) is 18.6. The summed E-state index contributed by atoms with van der Waals surface area (Å²) in [6.45, 7) is 0.375. The smallest absolute Gasteiger partial charge is 0.250 e. The first-order chi connectivity index (χ1) is 13.2. The van der Waals surface area contributed by atoms with Crippen LogP contribution in [0.15, 0.2) is 52.9 Å². The Bertz CT molecular complexity index is 893. The molecule has 0 saturated heterocycles. The molecule has 0 bridgehead atoms. The predicted octanol–water partition coefficient (Wildman–Crippen LogP) is 3.18. The molecule has 140 valence electrons. The number of nitrogens with zero attached hydrogens (tertiary/aromatic N) is 2. The zero-order valence-electron chi connectivity index (χ0n) is 14.9. The van der Waals surface area contributed by atoms with Gasteiger partial charge in [0.05, 0.1) is 12.7 Å². The molecule has 1 amide bonds. The Morgan fingerprint density at radius 2 is 1.89 bits per heavy atom. The van der Waals surface area contributed by atoms with E-state index in [0.29, 0.717) is 31.7 Å². The number of nitrogens with one attached hydrogen (secondary N) is 1. The van der Waals surface area contributed by atoms with Crippen LogP contribution in [0.4, 0.5) is 4.39 Å². The molecule has 27 heavy (non-hydrogen) atoms. The van der Waals surface area contributed by atoms with Crippen LogP contribution in [-0.4, -0.2) is 29.8 Å². The summed E-state index contributed by atoms with van der Waals surface area (Å²) in [6.07, 6.45) is 1.42. The van der Waals surface area contributed by atoms with Crippen molar-refractivity contribution >= 4 is 5.91 Å². The number of methoxy groups -OCH3 is 1. The van der Waals surface area contributed by atoms with Crippen LogP contribution in [0, 0.1) is 5.82 Å². The Hall–Kier alpha value is -3.22. The fraction of sp³-hybridized carbons (Fsp3) is 0.250. The second-order valence-corrected chi connectivity index (χ2v) is 5.93. The van der Waals surface area contributed by atoms with E-state index in [0.717, 1.165) is 11.3 Å². The minimum atomic E-state index is -0.417. The number of aryl methyl sites for hydroxylation is 1. The molecular weight excluding hydrogens is 349 g/mol. The third-order valence-electron chi connectivity index (χ3n) is 4.03. The molecule has 0 aliphatic rings. The van der Waals surface area contributed by atoms with E-state index in [-0.39, 0.29) is 17.4 Å². The molecule has 0 unspecified atom stereocenters. The third-order valence-corrected chi connectivity index (χ3v) is 4.03. The van der Waals surface area contributed by atoms with E-state index in [1.54, 1.807) is 25.3 Å². The highest BCUT2D eigenvalue weighted by Crippen LogP contribution is 2.20. The zero-order valence-corrected chi connectivity index (χ0v) is 14.9. The summed E-state index contributed by atoms with van der Waals surface area (Å²) in [5.41, 5.74) is 1.33. The van der Waals surface area contributed by atoms with Gasteiger partial charge in [0.2, 0.25) is 11.8 Å². The van der Waals surface area contributed by atoms with E-state index in [1.807, 2.05) is 24.3 Å². The summed E-state index contributed by atoms with van der Waals surface area (Å²) in [5, 5.41) is 10.6. The standard InChI is InChI=1S/C20H20FN3O3/c1-26-15-9-6-14(7-10-15)8-11-18(25)22-13-12-19-23-24-20(27-19)16-4-2-3-5-17(16)21/h2-7,9-10H,8,11-13H2,1H3,(H,22,25). The van der Waals surface area contributed by atoms with Crippen molar-refractivity contribution in [3.8, 4) is 17.2 Å². The van der Waals surface area contributed by atoms with Gasteiger partial charge in [-0.1, -0.05) is 24.3 Å². The van der Waals surface area contributed by atoms with Crippen molar-refractivity contribution < 1.29 is 18.3 Å². The molecule has 0 atom stereocenters.